The molecule has 0 spiro atoms. The Balaban J connectivity index is 1.06. The first-order chi connectivity index (χ1) is 16.7. The Labute approximate surface area is 197 Å². The largest absolute Gasteiger partial charge is 0.357 e. The van der Waals surface area contributed by atoms with Crippen LogP contribution in [-0.2, 0) is 0 Å². The fourth-order valence-electron chi connectivity index (χ4n) is 4.96. The Hall–Kier alpha value is -3.91. The number of likely N-dealkylation sites (tertiary alicyclic amines) is 1. The molecule has 34 heavy (non-hydrogen) atoms. The zero-order valence-electron chi connectivity index (χ0n) is 18.8. The highest BCUT2D eigenvalue weighted by Gasteiger charge is 2.37. The average molecular weight is 455 g/mol. The number of amides is 2. The van der Waals surface area contributed by atoms with Crippen molar-refractivity contribution in [1.82, 2.24) is 29.2 Å². The molecule has 2 aliphatic rings. The number of hydrogen-bond donors (Lipinski definition) is 1. The molecule has 8 nitrogen and oxygen atoms in total. The molecule has 0 saturated carbocycles. The highest BCUT2D eigenvalue weighted by atomic mass is 16.2. The second kappa shape index (κ2) is 8.46. The van der Waals surface area contributed by atoms with E-state index >= 15 is 0 Å². The molecule has 0 atom stereocenters. The van der Waals surface area contributed by atoms with Crippen molar-refractivity contribution in [2.24, 2.45) is 0 Å². The first kappa shape index (κ1) is 20.7. The summed E-state index contributed by atoms with van der Waals surface area (Å²) in [4.78, 5) is 39.0. The van der Waals surface area contributed by atoms with Crippen molar-refractivity contribution in [2.75, 3.05) is 39.3 Å². The number of carbonyl (C=O) groups excluding carboxylic acids is 2. The number of hydrogen-bond acceptors (Lipinski definition) is 4. The standard InChI is InChI=1S/C26H26N6O2/c33-25(20-5-6-24-19(15-20)7-10-32(24)21-3-1-8-27-16-21)31-17-22(18-31)29-11-13-30(14-12-29)26(34)23-4-2-9-28-23/h1-10,15-16,22,28H,11-14,17-18H2. The Bertz CT molecular complexity index is 1320. The molecule has 2 saturated heterocycles. The average Bonchev–Trinajstić information content (AvgIpc) is 3.54. The van der Waals surface area contributed by atoms with Gasteiger partial charge in [-0.2, -0.15) is 0 Å². The first-order valence-corrected chi connectivity index (χ1v) is 11.6. The number of nitrogens with zero attached hydrogens (tertiary/aromatic N) is 5. The van der Waals surface area contributed by atoms with Crippen LogP contribution in [0.5, 0.6) is 0 Å². The highest BCUT2D eigenvalue weighted by molar-refractivity contribution is 5.99. The fourth-order valence-corrected chi connectivity index (χ4v) is 4.96. The van der Waals surface area contributed by atoms with Crippen LogP contribution in [0.25, 0.3) is 16.6 Å². The van der Waals surface area contributed by atoms with E-state index in [0.29, 0.717) is 24.8 Å². The molecule has 1 aromatic carbocycles. The van der Waals surface area contributed by atoms with E-state index in [4.69, 9.17) is 0 Å². The van der Waals surface area contributed by atoms with Gasteiger partial charge in [-0.1, -0.05) is 0 Å². The quantitative estimate of drug-likeness (QED) is 0.514. The van der Waals surface area contributed by atoms with Gasteiger partial charge in [0, 0.05) is 74.9 Å². The van der Waals surface area contributed by atoms with E-state index in [1.807, 2.05) is 70.7 Å². The Morgan fingerprint density at radius 2 is 1.76 bits per heavy atom. The normalized spacial score (nSPS) is 17.2. The fraction of sp³-hybridized carbons (Fsp3) is 0.269. The number of aromatic amines is 1. The second-order valence-electron chi connectivity index (χ2n) is 8.95. The molecule has 0 aliphatic carbocycles. The molecular weight excluding hydrogens is 428 g/mol. The monoisotopic (exact) mass is 454 g/mol. The van der Waals surface area contributed by atoms with Crippen LogP contribution < -0.4 is 0 Å². The van der Waals surface area contributed by atoms with Gasteiger partial charge in [-0.05, 0) is 48.5 Å². The molecule has 4 aromatic rings. The zero-order valence-corrected chi connectivity index (χ0v) is 18.8. The van der Waals surface area contributed by atoms with Crippen LogP contribution in [0.2, 0.25) is 0 Å². The lowest BCUT2D eigenvalue weighted by atomic mass is 10.0. The van der Waals surface area contributed by atoms with Crippen molar-refractivity contribution in [1.29, 1.82) is 0 Å². The summed E-state index contributed by atoms with van der Waals surface area (Å²) in [6.45, 7) is 4.58. The predicted octanol–water partition coefficient (Wildman–Crippen LogP) is 2.64. The van der Waals surface area contributed by atoms with Crippen molar-refractivity contribution in [2.45, 2.75) is 6.04 Å². The van der Waals surface area contributed by atoms with E-state index in [2.05, 4.69) is 19.4 Å². The third kappa shape index (κ3) is 3.66. The minimum Gasteiger partial charge on any atom is -0.357 e. The maximum Gasteiger partial charge on any atom is 0.270 e. The third-order valence-electron chi connectivity index (χ3n) is 6.96. The summed E-state index contributed by atoms with van der Waals surface area (Å²) in [5, 5.41) is 1.04. The predicted molar refractivity (Wildman–Crippen MR) is 129 cm³/mol. The van der Waals surface area contributed by atoms with Gasteiger partial charge in [0.05, 0.1) is 17.4 Å². The minimum atomic E-state index is 0.0582. The summed E-state index contributed by atoms with van der Waals surface area (Å²) in [7, 11) is 0. The summed E-state index contributed by atoms with van der Waals surface area (Å²) >= 11 is 0. The Kier molecular flexibility index (Phi) is 5.15. The van der Waals surface area contributed by atoms with Gasteiger partial charge in [0.1, 0.15) is 5.69 Å². The van der Waals surface area contributed by atoms with Gasteiger partial charge in [0.25, 0.3) is 11.8 Å². The molecule has 0 radical (unpaired) electrons. The van der Waals surface area contributed by atoms with Crippen molar-refractivity contribution >= 4 is 22.7 Å². The lowest BCUT2D eigenvalue weighted by Gasteiger charge is -2.48. The third-order valence-corrected chi connectivity index (χ3v) is 6.96. The lowest BCUT2D eigenvalue weighted by Crippen LogP contribution is -2.64. The number of piperazine rings is 1. The van der Waals surface area contributed by atoms with Gasteiger partial charge in [0.15, 0.2) is 0 Å². The number of pyridine rings is 1. The molecule has 2 fully saturated rings. The molecule has 2 amide bonds. The second-order valence-corrected chi connectivity index (χ2v) is 8.95. The van der Waals surface area contributed by atoms with Crippen LogP contribution in [0.4, 0.5) is 0 Å². The molecule has 3 aromatic heterocycles. The van der Waals surface area contributed by atoms with Gasteiger partial charge in [-0.25, -0.2) is 0 Å². The summed E-state index contributed by atoms with van der Waals surface area (Å²) in [5.41, 5.74) is 3.41. The van der Waals surface area contributed by atoms with Crippen LogP contribution in [0, 0.1) is 0 Å². The van der Waals surface area contributed by atoms with Crippen LogP contribution in [0.15, 0.2) is 73.3 Å². The van der Waals surface area contributed by atoms with Crippen LogP contribution >= 0.6 is 0 Å². The number of rotatable bonds is 4. The maximum atomic E-state index is 13.1. The number of benzene rings is 1. The van der Waals surface area contributed by atoms with Gasteiger partial charge in [-0.3, -0.25) is 19.5 Å². The van der Waals surface area contributed by atoms with Crippen molar-refractivity contribution in [3.63, 3.8) is 0 Å². The van der Waals surface area contributed by atoms with Gasteiger partial charge >= 0.3 is 0 Å². The van der Waals surface area contributed by atoms with E-state index in [1.54, 1.807) is 12.4 Å². The SMILES string of the molecule is O=C(c1ccc2c(ccn2-c2cccnc2)c1)N1CC(N2CCN(C(=O)c3ccc[nH]3)CC2)C1. The van der Waals surface area contributed by atoms with Crippen molar-refractivity contribution in [3.8, 4) is 5.69 Å². The number of nitrogens with one attached hydrogen (secondary N) is 1. The molecule has 172 valence electrons. The molecule has 8 heteroatoms. The van der Waals surface area contributed by atoms with Gasteiger partial charge < -0.3 is 19.4 Å². The lowest BCUT2D eigenvalue weighted by molar-refractivity contribution is 0.00844. The van der Waals surface area contributed by atoms with E-state index in [9.17, 15) is 9.59 Å². The molecular formula is C26H26N6O2. The van der Waals surface area contributed by atoms with Crippen LogP contribution in [-0.4, -0.2) is 86.4 Å². The Morgan fingerprint density at radius 1 is 0.912 bits per heavy atom. The molecule has 6 rings (SSSR count). The molecule has 1 N–H and O–H groups in total. The highest BCUT2D eigenvalue weighted by Crippen LogP contribution is 2.24. The summed E-state index contributed by atoms with van der Waals surface area (Å²) in [6, 6.07) is 15.9. The van der Waals surface area contributed by atoms with E-state index in [0.717, 1.165) is 48.3 Å². The topological polar surface area (TPSA) is 77.5 Å². The van der Waals surface area contributed by atoms with E-state index in [-0.39, 0.29) is 11.8 Å². The van der Waals surface area contributed by atoms with Crippen molar-refractivity contribution < 1.29 is 9.59 Å². The van der Waals surface area contributed by atoms with E-state index in [1.165, 1.54) is 0 Å². The van der Waals surface area contributed by atoms with Gasteiger partial charge in [0.2, 0.25) is 0 Å². The summed E-state index contributed by atoms with van der Waals surface area (Å²) in [6.07, 6.45) is 7.37. The van der Waals surface area contributed by atoms with E-state index < -0.39 is 0 Å². The first-order valence-electron chi connectivity index (χ1n) is 11.6. The van der Waals surface area contributed by atoms with Crippen LogP contribution in [0.1, 0.15) is 20.8 Å². The molecule has 0 bridgehead atoms. The van der Waals surface area contributed by atoms with Crippen LogP contribution in [0.3, 0.4) is 0 Å². The summed E-state index contributed by atoms with van der Waals surface area (Å²) < 4.78 is 2.08. The number of carbonyl (C=O) groups is 2. The van der Waals surface area contributed by atoms with Crippen molar-refractivity contribution in [3.05, 3.63) is 84.6 Å². The minimum absolute atomic E-state index is 0.0582. The number of fused-ring (bicyclic) bond motifs is 1. The number of H-pyrrole nitrogens is 1. The smallest absolute Gasteiger partial charge is 0.270 e. The molecule has 0 unspecified atom stereocenters. The van der Waals surface area contributed by atoms with Gasteiger partial charge in [-0.15, -0.1) is 0 Å². The molecule has 2 aliphatic heterocycles. The molecule has 5 heterocycles. The zero-order chi connectivity index (χ0) is 23.1. The maximum absolute atomic E-state index is 13.1. The Morgan fingerprint density at radius 3 is 2.50 bits per heavy atom. The number of aromatic nitrogens is 3. The summed E-state index contributed by atoms with van der Waals surface area (Å²) in [5.74, 6) is 0.135.